The Hall–Kier alpha value is -1.95. The number of rotatable bonds is 4. The molecule has 0 spiro atoms. The molecule has 2 aromatic heterocycles. The van der Waals surface area contributed by atoms with Gasteiger partial charge in [-0.05, 0) is 37.8 Å². The Balaban J connectivity index is 1.50. The first-order chi connectivity index (χ1) is 12.6. The van der Waals surface area contributed by atoms with Crippen LogP contribution in [0.1, 0.15) is 43.3 Å². The van der Waals surface area contributed by atoms with Crippen LogP contribution in [0.5, 0.6) is 0 Å². The molecule has 0 radical (unpaired) electrons. The van der Waals surface area contributed by atoms with Crippen molar-refractivity contribution in [3.8, 4) is 0 Å². The van der Waals surface area contributed by atoms with Crippen LogP contribution in [0.25, 0.3) is 0 Å². The summed E-state index contributed by atoms with van der Waals surface area (Å²) < 4.78 is 0. The molecule has 1 amide bonds. The standard InChI is InChI=1S/C20H26N4OS/c1-14-11-24(17-7-3-6-10-21-17)12-16(14)18(25)23-20(8-4-5-9-20)19-22-15(2)13-26-19/h3,6-7,10,13-14,16H,4-5,8-9,11-12H2,1-2H3,(H,23,25)/t14-,16-/m1/s1. The van der Waals surface area contributed by atoms with Gasteiger partial charge in [0.25, 0.3) is 0 Å². The van der Waals surface area contributed by atoms with Crippen LogP contribution >= 0.6 is 11.3 Å². The molecule has 1 aliphatic carbocycles. The third-order valence-corrected chi connectivity index (χ3v) is 6.93. The normalized spacial score (nSPS) is 24.8. The second-order valence-electron chi connectivity index (χ2n) is 7.75. The lowest BCUT2D eigenvalue weighted by Gasteiger charge is -2.30. The van der Waals surface area contributed by atoms with Gasteiger partial charge in [0.2, 0.25) is 5.91 Å². The van der Waals surface area contributed by atoms with Crippen molar-refractivity contribution in [1.82, 2.24) is 15.3 Å². The number of aromatic nitrogens is 2. The zero-order chi connectivity index (χ0) is 18.1. The summed E-state index contributed by atoms with van der Waals surface area (Å²) in [7, 11) is 0. The lowest BCUT2D eigenvalue weighted by molar-refractivity contribution is -0.127. The molecular weight excluding hydrogens is 344 g/mol. The number of hydrogen-bond donors (Lipinski definition) is 1. The van der Waals surface area contributed by atoms with Gasteiger partial charge in [-0.1, -0.05) is 25.8 Å². The lowest BCUT2D eigenvalue weighted by atomic mass is 9.93. The summed E-state index contributed by atoms with van der Waals surface area (Å²) >= 11 is 1.68. The highest BCUT2D eigenvalue weighted by molar-refractivity contribution is 7.09. The maximum Gasteiger partial charge on any atom is 0.226 e. The van der Waals surface area contributed by atoms with Crippen LogP contribution in [0, 0.1) is 18.8 Å². The van der Waals surface area contributed by atoms with Crippen LogP contribution in [0.15, 0.2) is 29.8 Å². The minimum Gasteiger partial charge on any atom is -0.356 e. The Kier molecular flexibility index (Phi) is 4.69. The molecular formula is C20H26N4OS. The number of hydrogen-bond acceptors (Lipinski definition) is 5. The van der Waals surface area contributed by atoms with Crippen molar-refractivity contribution in [3.63, 3.8) is 0 Å². The van der Waals surface area contributed by atoms with Gasteiger partial charge in [-0.2, -0.15) is 0 Å². The predicted molar refractivity (Wildman–Crippen MR) is 104 cm³/mol. The van der Waals surface area contributed by atoms with E-state index in [2.05, 4.69) is 27.5 Å². The van der Waals surface area contributed by atoms with Crippen LogP contribution in [-0.4, -0.2) is 29.0 Å². The SMILES string of the molecule is Cc1csc(C2(NC(=O)[C@@H]3CN(c4ccccn4)C[C@H]3C)CCCC2)n1. The van der Waals surface area contributed by atoms with Gasteiger partial charge in [-0.3, -0.25) is 4.79 Å². The molecule has 2 atom stereocenters. The first kappa shape index (κ1) is 17.5. The molecule has 26 heavy (non-hydrogen) atoms. The summed E-state index contributed by atoms with van der Waals surface area (Å²) in [6.45, 7) is 5.80. The van der Waals surface area contributed by atoms with E-state index in [4.69, 9.17) is 4.98 Å². The molecule has 2 aliphatic rings. The monoisotopic (exact) mass is 370 g/mol. The van der Waals surface area contributed by atoms with E-state index in [0.29, 0.717) is 5.92 Å². The number of nitrogens with one attached hydrogen (secondary N) is 1. The number of anilines is 1. The number of aryl methyl sites for hydroxylation is 1. The third kappa shape index (κ3) is 3.22. The third-order valence-electron chi connectivity index (χ3n) is 5.77. The summed E-state index contributed by atoms with van der Waals surface area (Å²) in [6.07, 6.45) is 6.11. The molecule has 1 saturated carbocycles. The minimum atomic E-state index is -0.256. The summed E-state index contributed by atoms with van der Waals surface area (Å²) in [5.74, 6) is 1.44. The topological polar surface area (TPSA) is 58.1 Å². The Morgan fingerprint density at radius 3 is 2.77 bits per heavy atom. The van der Waals surface area contributed by atoms with Gasteiger partial charge in [-0.15, -0.1) is 11.3 Å². The van der Waals surface area contributed by atoms with Gasteiger partial charge >= 0.3 is 0 Å². The van der Waals surface area contributed by atoms with Crippen molar-refractivity contribution < 1.29 is 4.79 Å². The predicted octanol–water partition coefficient (Wildman–Crippen LogP) is 3.50. The van der Waals surface area contributed by atoms with Crippen LogP contribution in [0.3, 0.4) is 0 Å². The van der Waals surface area contributed by atoms with E-state index in [0.717, 1.165) is 55.3 Å². The number of carbonyl (C=O) groups excluding carboxylic acids is 1. The van der Waals surface area contributed by atoms with E-state index >= 15 is 0 Å². The molecule has 3 heterocycles. The Bertz CT molecular complexity index is 769. The molecule has 1 N–H and O–H groups in total. The van der Waals surface area contributed by atoms with Gasteiger partial charge in [0.05, 0.1) is 11.5 Å². The second-order valence-corrected chi connectivity index (χ2v) is 8.61. The number of carbonyl (C=O) groups is 1. The van der Waals surface area contributed by atoms with Crippen LogP contribution in [0.2, 0.25) is 0 Å². The average Bonchev–Trinajstić information content (AvgIpc) is 3.36. The van der Waals surface area contributed by atoms with Gasteiger partial charge in [-0.25, -0.2) is 9.97 Å². The average molecular weight is 371 g/mol. The van der Waals surface area contributed by atoms with Crippen LogP contribution < -0.4 is 10.2 Å². The number of nitrogens with zero attached hydrogens (tertiary/aromatic N) is 3. The van der Waals surface area contributed by atoms with E-state index < -0.39 is 0 Å². The second kappa shape index (κ2) is 6.99. The van der Waals surface area contributed by atoms with E-state index in [-0.39, 0.29) is 17.4 Å². The van der Waals surface area contributed by atoms with E-state index in [1.54, 1.807) is 11.3 Å². The van der Waals surface area contributed by atoms with Crippen molar-refractivity contribution in [1.29, 1.82) is 0 Å². The van der Waals surface area contributed by atoms with Crippen molar-refractivity contribution in [3.05, 3.63) is 40.5 Å². The minimum absolute atomic E-state index is 0.00413. The molecule has 0 bridgehead atoms. The number of amides is 1. The molecule has 0 aromatic carbocycles. The van der Waals surface area contributed by atoms with Gasteiger partial charge in [0.1, 0.15) is 10.8 Å². The molecule has 1 saturated heterocycles. The molecule has 2 fully saturated rings. The fourth-order valence-corrected chi connectivity index (χ4v) is 5.32. The maximum atomic E-state index is 13.2. The zero-order valence-corrected chi connectivity index (χ0v) is 16.3. The van der Waals surface area contributed by atoms with E-state index in [1.807, 2.05) is 31.3 Å². The van der Waals surface area contributed by atoms with Gasteiger partial charge in [0.15, 0.2) is 0 Å². The van der Waals surface area contributed by atoms with Crippen molar-refractivity contribution in [2.45, 2.75) is 45.1 Å². The fraction of sp³-hybridized carbons (Fsp3) is 0.550. The summed E-state index contributed by atoms with van der Waals surface area (Å²) in [5.41, 5.74) is 0.787. The van der Waals surface area contributed by atoms with Gasteiger partial charge in [0, 0.05) is 30.4 Å². The van der Waals surface area contributed by atoms with E-state index in [1.165, 1.54) is 0 Å². The fourth-order valence-electron chi connectivity index (χ4n) is 4.31. The largest absolute Gasteiger partial charge is 0.356 e. The number of pyridine rings is 1. The molecule has 2 aromatic rings. The van der Waals surface area contributed by atoms with Crippen LogP contribution in [0.4, 0.5) is 5.82 Å². The van der Waals surface area contributed by atoms with Crippen LogP contribution in [-0.2, 0) is 10.3 Å². The zero-order valence-electron chi connectivity index (χ0n) is 15.4. The quantitative estimate of drug-likeness (QED) is 0.895. The Morgan fingerprint density at radius 1 is 1.31 bits per heavy atom. The molecule has 4 rings (SSSR count). The smallest absolute Gasteiger partial charge is 0.226 e. The van der Waals surface area contributed by atoms with Crippen molar-refractivity contribution in [2.24, 2.45) is 11.8 Å². The molecule has 1 aliphatic heterocycles. The highest BCUT2D eigenvalue weighted by atomic mass is 32.1. The molecule has 138 valence electrons. The first-order valence-corrected chi connectivity index (χ1v) is 10.4. The Labute approximate surface area is 158 Å². The van der Waals surface area contributed by atoms with Gasteiger partial charge < -0.3 is 10.2 Å². The number of thiazole rings is 1. The maximum absolute atomic E-state index is 13.2. The molecule has 5 nitrogen and oxygen atoms in total. The Morgan fingerprint density at radius 2 is 2.12 bits per heavy atom. The molecule has 6 heteroatoms. The summed E-state index contributed by atoms with van der Waals surface area (Å²) in [5, 5.41) is 6.59. The summed E-state index contributed by atoms with van der Waals surface area (Å²) in [6, 6.07) is 5.94. The highest BCUT2D eigenvalue weighted by Crippen LogP contribution is 2.41. The van der Waals surface area contributed by atoms with Crippen molar-refractivity contribution >= 4 is 23.1 Å². The molecule has 0 unspecified atom stereocenters. The van der Waals surface area contributed by atoms with E-state index in [9.17, 15) is 4.79 Å². The highest BCUT2D eigenvalue weighted by Gasteiger charge is 2.43. The lowest BCUT2D eigenvalue weighted by Crippen LogP contribution is -2.47. The van der Waals surface area contributed by atoms with Crippen molar-refractivity contribution in [2.75, 3.05) is 18.0 Å². The summed E-state index contributed by atoms with van der Waals surface area (Å²) in [4.78, 5) is 24.6. The first-order valence-electron chi connectivity index (χ1n) is 9.48.